The van der Waals surface area contributed by atoms with Crippen LogP contribution in [0.4, 0.5) is 4.39 Å². The minimum atomic E-state index is -0.368. The van der Waals surface area contributed by atoms with E-state index in [2.05, 4.69) is 10.3 Å². The molecule has 2 aromatic rings. The highest BCUT2D eigenvalue weighted by atomic mass is 35.5. The number of benzene rings is 1. The summed E-state index contributed by atoms with van der Waals surface area (Å²) in [4.78, 5) is 0. The summed E-state index contributed by atoms with van der Waals surface area (Å²) >= 11 is 5.95. The summed E-state index contributed by atoms with van der Waals surface area (Å²) in [5.74, 6) is -0.368. The first-order valence-electron chi connectivity index (χ1n) is 5.77. The molecular weight excluding hydrogens is 255 g/mol. The second-order valence-corrected chi connectivity index (χ2v) is 4.40. The molecule has 1 heterocycles. The van der Waals surface area contributed by atoms with Crippen molar-refractivity contribution in [1.82, 2.24) is 15.0 Å². The largest absolute Gasteiger partial charge is 0.330 e. The number of aryl methyl sites for hydroxylation is 1. The lowest BCUT2D eigenvalue weighted by molar-refractivity contribution is 0.627. The number of halogens is 2. The van der Waals surface area contributed by atoms with Crippen LogP contribution in [-0.4, -0.2) is 21.5 Å². The van der Waals surface area contributed by atoms with Crippen LogP contribution in [0.1, 0.15) is 18.5 Å². The zero-order valence-electron chi connectivity index (χ0n) is 9.81. The molecule has 0 radical (unpaired) electrons. The predicted molar refractivity (Wildman–Crippen MR) is 68.3 cm³/mol. The summed E-state index contributed by atoms with van der Waals surface area (Å²) in [5, 5.41) is 8.35. The zero-order valence-corrected chi connectivity index (χ0v) is 10.6. The molecule has 96 valence electrons. The highest BCUT2D eigenvalue weighted by Crippen LogP contribution is 2.20. The van der Waals surface area contributed by atoms with E-state index in [-0.39, 0.29) is 5.82 Å². The molecule has 0 aliphatic rings. The van der Waals surface area contributed by atoms with Crippen LogP contribution in [0, 0.1) is 5.82 Å². The van der Waals surface area contributed by atoms with Gasteiger partial charge in [-0.1, -0.05) is 16.8 Å². The quantitative estimate of drug-likeness (QED) is 0.847. The van der Waals surface area contributed by atoms with Crippen LogP contribution in [-0.2, 0) is 6.42 Å². The lowest BCUT2D eigenvalue weighted by Crippen LogP contribution is -1.99. The van der Waals surface area contributed by atoms with Gasteiger partial charge in [0.25, 0.3) is 0 Å². The number of rotatable bonds is 5. The molecule has 0 fully saturated rings. The van der Waals surface area contributed by atoms with Crippen molar-refractivity contribution in [3.05, 3.63) is 40.9 Å². The molecule has 4 nitrogen and oxygen atoms in total. The van der Waals surface area contributed by atoms with Crippen molar-refractivity contribution in [3.8, 4) is 5.69 Å². The number of nitrogens with zero attached hydrogens (tertiary/aromatic N) is 3. The number of aromatic nitrogens is 3. The summed E-state index contributed by atoms with van der Waals surface area (Å²) in [7, 11) is 0. The topological polar surface area (TPSA) is 56.7 Å². The summed E-state index contributed by atoms with van der Waals surface area (Å²) in [6.45, 7) is 0.678. The van der Waals surface area contributed by atoms with Crippen molar-refractivity contribution in [1.29, 1.82) is 0 Å². The predicted octanol–water partition coefficient (Wildman–Crippen LogP) is 2.34. The molecular formula is C12H14ClFN4. The lowest BCUT2D eigenvalue weighted by atomic mass is 10.2. The highest BCUT2D eigenvalue weighted by molar-refractivity contribution is 6.32. The summed E-state index contributed by atoms with van der Waals surface area (Å²) in [6.07, 6.45) is 4.57. The molecule has 0 saturated heterocycles. The Morgan fingerprint density at radius 2 is 2.17 bits per heavy atom. The van der Waals surface area contributed by atoms with E-state index < -0.39 is 0 Å². The third kappa shape index (κ3) is 3.05. The Hall–Kier alpha value is -1.46. The van der Waals surface area contributed by atoms with E-state index in [9.17, 15) is 4.39 Å². The normalized spacial score (nSPS) is 10.8. The molecule has 6 heteroatoms. The van der Waals surface area contributed by atoms with Gasteiger partial charge in [0.1, 0.15) is 5.82 Å². The first-order chi connectivity index (χ1) is 8.70. The van der Waals surface area contributed by atoms with Gasteiger partial charge < -0.3 is 5.73 Å². The standard InChI is InChI=1S/C12H14ClFN4/c13-11-7-9(14)4-5-12(11)18-8-10(16-17-18)3-1-2-6-15/h4-5,7-8H,1-3,6,15H2. The molecule has 0 atom stereocenters. The van der Waals surface area contributed by atoms with Gasteiger partial charge in [-0.25, -0.2) is 9.07 Å². The van der Waals surface area contributed by atoms with Crippen molar-refractivity contribution < 1.29 is 4.39 Å². The number of unbranched alkanes of at least 4 members (excludes halogenated alkanes) is 1. The van der Waals surface area contributed by atoms with E-state index in [1.807, 2.05) is 0 Å². The average molecular weight is 269 g/mol. The van der Waals surface area contributed by atoms with E-state index >= 15 is 0 Å². The van der Waals surface area contributed by atoms with E-state index in [4.69, 9.17) is 17.3 Å². The van der Waals surface area contributed by atoms with Crippen LogP contribution in [0.2, 0.25) is 5.02 Å². The molecule has 0 bridgehead atoms. The molecule has 18 heavy (non-hydrogen) atoms. The van der Waals surface area contributed by atoms with Crippen LogP contribution < -0.4 is 5.73 Å². The maximum atomic E-state index is 12.9. The van der Waals surface area contributed by atoms with Gasteiger partial charge >= 0.3 is 0 Å². The number of hydrogen-bond acceptors (Lipinski definition) is 3. The van der Waals surface area contributed by atoms with E-state index in [0.29, 0.717) is 17.3 Å². The van der Waals surface area contributed by atoms with E-state index in [1.165, 1.54) is 12.1 Å². The second kappa shape index (κ2) is 5.93. The van der Waals surface area contributed by atoms with Crippen molar-refractivity contribution >= 4 is 11.6 Å². The molecule has 0 amide bonds. The molecule has 0 unspecified atom stereocenters. The third-order valence-electron chi connectivity index (χ3n) is 2.58. The van der Waals surface area contributed by atoms with Crippen LogP contribution in [0.5, 0.6) is 0 Å². The lowest BCUT2D eigenvalue weighted by Gasteiger charge is -2.02. The first kappa shape index (κ1) is 13.0. The Kier molecular flexibility index (Phi) is 4.28. The fourth-order valence-corrected chi connectivity index (χ4v) is 1.90. The Balaban J connectivity index is 2.13. The van der Waals surface area contributed by atoms with Crippen molar-refractivity contribution in [3.63, 3.8) is 0 Å². The maximum absolute atomic E-state index is 12.9. The van der Waals surface area contributed by atoms with Crippen LogP contribution in [0.25, 0.3) is 5.69 Å². The fourth-order valence-electron chi connectivity index (χ4n) is 1.65. The first-order valence-corrected chi connectivity index (χ1v) is 6.15. The summed E-state index contributed by atoms with van der Waals surface area (Å²) in [6, 6.07) is 4.18. The van der Waals surface area contributed by atoms with E-state index in [0.717, 1.165) is 25.0 Å². The Bertz CT molecular complexity index is 527. The van der Waals surface area contributed by atoms with Gasteiger partial charge in [-0.2, -0.15) is 0 Å². The molecule has 0 spiro atoms. The summed E-state index contributed by atoms with van der Waals surface area (Å²) < 4.78 is 14.5. The minimum Gasteiger partial charge on any atom is -0.330 e. The molecule has 2 rings (SSSR count). The number of nitrogens with two attached hydrogens (primary N) is 1. The van der Waals surface area contributed by atoms with Gasteiger partial charge in [0.2, 0.25) is 0 Å². The van der Waals surface area contributed by atoms with Gasteiger partial charge in [-0.3, -0.25) is 0 Å². The van der Waals surface area contributed by atoms with Crippen LogP contribution in [0.3, 0.4) is 0 Å². The van der Waals surface area contributed by atoms with Crippen molar-refractivity contribution in [2.45, 2.75) is 19.3 Å². The molecule has 1 aromatic heterocycles. The van der Waals surface area contributed by atoms with E-state index in [1.54, 1.807) is 16.9 Å². The monoisotopic (exact) mass is 268 g/mol. The zero-order chi connectivity index (χ0) is 13.0. The molecule has 1 aromatic carbocycles. The third-order valence-corrected chi connectivity index (χ3v) is 2.89. The van der Waals surface area contributed by atoms with Crippen LogP contribution in [0.15, 0.2) is 24.4 Å². The average Bonchev–Trinajstić information content (AvgIpc) is 2.78. The fraction of sp³-hybridized carbons (Fsp3) is 0.333. The Morgan fingerprint density at radius 3 is 2.89 bits per heavy atom. The number of hydrogen-bond donors (Lipinski definition) is 1. The Labute approximate surface area is 110 Å². The van der Waals surface area contributed by atoms with Crippen molar-refractivity contribution in [2.24, 2.45) is 5.73 Å². The van der Waals surface area contributed by atoms with Gasteiger partial charge in [0.15, 0.2) is 0 Å². The van der Waals surface area contributed by atoms with Gasteiger partial charge in [-0.15, -0.1) is 5.10 Å². The maximum Gasteiger partial charge on any atom is 0.124 e. The highest BCUT2D eigenvalue weighted by Gasteiger charge is 2.07. The molecule has 0 aliphatic heterocycles. The smallest absolute Gasteiger partial charge is 0.124 e. The molecule has 2 N–H and O–H groups in total. The van der Waals surface area contributed by atoms with Gasteiger partial charge in [0, 0.05) is 0 Å². The SMILES string of the molecule is NCCCCc1cn(-c2ccc(F)cc2Cl)nn1. The molecule has 0 aliphatic carbocycles. The Morgan fingerprint density at radius 1 is 1.33 bits per heavy atom. The second-order valence-electron chi connectivity index (χ2n) is 4.00. The van der Waals surface area contributed by atoms with Gasteiger partial charge in [0.05, 0.1) is 22.6 Å². The van der Waals surface area contributed by atoms with Crippen LogP contribution >= 0.6 is 11.6 Å². The molecule has 0 saturated carbocycles. The van der Waals surface area contributed by atoms with Crippen molar-refractivity contribution in [2.75, 3.05) is 6.54 Å². The summed E-state index contributed by atoms with van der Waals surface area (Å²) in [5.41, 5.74) is 6.93. The van der Waals surface area contributed by atoms with Gasteiger partial charge in [-0.05, 0) is 44.0 Å². The minimum absolute atomic E-state index is 0.313.